The maximum atomic E-state index is 5.70. The van der Waals surface area contributed by atoms with Crippen molar-refractivity contribution in [3.63, 3.8) is 0 Å². The molecular weight excluding hydrogens is 314 g/mol. The zero-order valence-corrected chi connectivity index (χ0v) is 13.1. The first-order valence-electron chi connectivity index (χ1n) is 7.29. The van der Waals surface area contributed by atoms with Crippen LogP contribution >= 0.6 is 15.9 Å². The van der Waals surface area contributed by atoms with Crippen LogP contribution in [0.3, 0.4) is 0 Å². The van der Waals surface area contributed by atoms with Crippen molar-refractivity contribution in [3.05, 3.63) is 58.0 Å². The second kappa shape index (κ2) is 4.74. The van der Waals surface area contributed by atoms with Gasteiger partial charge < -0.3 is 9.73 Å². The van der Waals surface area contributed by atoms with E-state index < -0.39 is 0 Å². The van der Waals surface area contributed by atoms with E-state index in [1.165, 1.54) is 12.8 Å². The van der Waals surface area contributed by atoms with Crippen LogP contribution in [0.2, 0.25) is 0 Å². The fourth-order valence-electron chi connectivity index (χ4n) is 4.10. The zero-order valence-electron chi connectivity index (χ0n) is 11.5. The number of benzene rings is 1. The first-order chi connectivity index (χ1) is 9.81. The summed E-state index contributed by atoms with van der Waals surface area (Å²) in [6.45, 7) is 0. The quantitative estimate of drug-likeness (QED) is 0.908. The lowest BCUT2D eigenvalue weighted by atomic mass is 9.92. The third kappa shape index (κ3) is 1.80. The molecule has 4 atom stereocenters. The molecule has 0 amide bonds. The smallest absolute Gasteiger partial charge is 0.135 e. The van der Waals surface area contributed by atoms with Crippen molar-refractivity contribution < 1.29 is 4.42 Å². The summed E-state index contributed by atoms with van der Waals surface area (Å²) in [6, 6.07) is 11.2. The van der Waals surface area contributed by atoms with E-state index in [1.54, 1.807) is 17.4 Å². The predicted molar refractivity (Wildman–Crippen MR) is 82.7 cm³/mol. The van der Waals surface area contributed by atoms with E-state index in [9.17, 15) is 0 Å². The molecule has 20 heavy (non-hydrogen) atoms. The summed E-state index contributed by atoms with van der Waals surface area (Å²) in [5.74, 6) is 3.21. The molecule has 4 unspecified atom stereocenters. The lowest BCUT2D eigenvalue weighted by Crippen LogP contribution is -2.19. The number of rotatable bonds is 3. The van der Waals surface area contributed by atoms with E-state index in [4.69, 9.17) is 4.42 Å². The van der Waals surface area contributed by atoms with Crippen LogP contribution in [0.4, 0.5) is 0 Å². The summed E-state index contributed by atoms with van der Waals surface area (Å²) in [7, 11) is 2.04. The van der Waals surface area contributed by atoms with Crippen molar-refractivity contribution >= 4 is 15.9 Å². The Hall–Kier alpha value is -1.06. The fraction of sp³-hybridized carbons (Fsp3) is 0.412. The van der Waals surface area contributed by atoms with Crippen LogP contribution in [0, 0.1) is 11.8 Å². The second-order valence-corrected chi connectivity index (χ2v) is 6.76. The average Bonchev–Trinajstić information content (AvgIpc) is 3.06. The van der Waals surface area contributed by atoms with Gasteiger partial charge in [0, 0.05) is 0 Å². The summed E-state index contributed by atoms with van der Waals surface area (Å²) in [5, 5.41) is 3.47. The van der Waals surface area contributed by atoms with Gasteiger partial charge in [0.05, 0.1) is 16.8 Å². The van der Waals surface area contributed by atoms with Gasteiger partial charge in [0.2, 0.25) is 0 Å². The Morgan fingerprint density at radius 2 is 2.15 bits per heavy atom. The van der Waals surface area contributed by atoms with Gasteiger partial charge in [-0.1, -0.05) is 24.3 Å². The highest BCUT2D eigenvalue weighted by atomic mass is 79.9. The molecule has 2 aliphatic rings. The highest BCUT2D eigenvalue weighted by Crippen LogP contribution is 2.64. The van der Waals surface area contributed by atoms with Crippen LogP contribution in [0.15, 0.2) is 45.5 Å². The highest BCUT2D eigenvalue weighted by molar-refractivity contribution is 9.10. The van der Waals surface area contributed by atoms with Gasteiger partial charge >= 0.3 is 0 Å². The number of nitrogens with one attached hydrogen (secondary N) is 1. The molecule has 1 fully saturated rings. The van der Waals surface area contributed by atoms with Crippen LogP contribution < -0.4 is 5.32 Å². The average molecular weight is 332 g/mol. The number of halogens is 1. The minimum Gasteiger partial charge on any atom is -0.466 e. The molecule has 1 aromatic carbocycles. The lowest BCUT2D eigenvalue weighted by molar-refractivity contribution is 0.383. The monoisotopic (exact) mass is 331 g/mol. The minimum absolute atomic E-state index is 0.306. The van der Waals surface area contributed by atoms with Crippen molar-refractivity contribution in [2.45, 2.75) is 24.8 Å². The molecule has 1 heterocycles. The first kappa shape index (κ1) is 12.7. The molecule has 2 aromatic rings. The summed E-state index contributed by atoms with van der Waals surface area (Å²) in [4.78, 5) is 0. The summed E-state index contributed by atoms with van der Waals surface area (Å²) in [5.41, 5.74) is 3.11. The Morgan fingerprint density at radius 3 is 2.90 bits per heavy atom. The number of fused-ring (bicyclic) bond motifs is 3. The van der Waals surface area contributed by atoms with Gasteiger partial charge in [0.25, 0.3) is 0 Å². The number of aryl methyl sites for hydroxylation is 1. The maximum absolute atomic E-state index is 5.70. The van der Waals surface area contributed by atoms with E-state index in [2.05, 4.69) is 45.5 Å². The Morgan fingerprint density at radius 1 is 1.30 bits per heavy atom. The van der Waals surface area contributed by atoms with Gasteiger partial charge in [0.1, 0.15) is 5.76 Å². The van der Waals surface area contributed by atoms with Crippen molar-refractivity contribution in [1.29, 1.82) is 0 Å². The molecule has 1 saturated carbocycles. The van der Waals surface area contributed by atoms with Crippen LogP contribution in [0.5, 0.6) is 0 Å². The molecule has 0 spiro atoms. The van der Waals surface area contributed by atoms with Crippen molar-refractivity contribution in [3.8, 4) is 0 Å². The Balaban J connectivity index is 1.67. The standard InChI is InChI=1S/C17H18BrNO/c1-19-16(17-13(18)8-9-20-17)15-12-7-6-10-4-2-3-5-11(10)14(12)15/h2-5,8-9,12,14-16,19H,6-7H2,1H3. The third-order valence-electron chi connectivity index (χ3n) is 5.01. The zero-order chi connectivity index (χ0) is 13.7. The SMILES string of the molecule is CNC(c1occc1Br)C1C2CCc3ccccc3C21. The van der Waals surface area contributed by atoms with Crippen LogP contribution in [-0.4, -0.2) is 7.05 Å². The number of furan rings is 1. The van der Waals surface area contributed by atoms with Gasteiger partial charge in [0.15, 0.2) is 0 Å². The minimum atomic E-state index is 0.306. The second-order valence-electron chi connectivity index (χ2n) is 5.90. The highest BCUT2D eigenvalue weighted by Gasteiger charge is 2.57. The first-order valence-corrected chi connectivity index (χ1v) is 8.08. The van der Waals surface area contributed by atoms with Gasteiger partial charge in [-0.05, 0) is 70.8 Å². The van der Waals surface area contributed by atoms with E-state index in [0.29, 0.717) is 17.9 Å². The van der Waals surface area contributed by atoms with E-state index >= 15 is 0 Å². The van der Waals surface area contributed by atoms with E-state index in [1.807, 2.05) is 13.1 Å². The molecule has 1 aromatic heterocycles. The normalized spacial score (nSPS) is 28.6. The molecule has 4 rings (SSSR count). The molecule has 2 aliphatic carbocycles. The fourth-order valence-corrected chi connectivity index (χ4v) is 4.55. The maximum Gasteiger partial charge on any atom is 0.135 e. The van der Waals surface area contributed by atoms with Crippen molar-refractivity contribution in [1.82, 2.24) is 5.32 Å². The largest absolute Gasteiger partial charge is 0.466 e. The van der Waals surface area contributed by atoms with Crippen LogP contribution in [-0.2, 0) is 6.42 Å². The van der Waals surface area contributed by atoms with Crippen molar-refractivity contribution in [2.75, 3.05) is 7.05 Å². The number of hydrogen-bond acceptors (Lipinski definition) is 2. The van der Waals surface area contributed by atoms with E-state index in [0.717, 1.165) is 16.2 Å². The lowest BCUT2D eigenvalue weighted by Gasteiger charge is -2.15. The van der Waals surface area contributed by atoms with Gasteiger partial charge in [-0.15, -0.1) is 0 Å². The van der Waals surface area contributed by atoms with Crippen LogP contribution in [0.25, 0.3) is 0 Å². The molecule has 0 radical (unpaired) electrons. The van der Waals surface area contributed by atoms with Gasteiger partial charge in [-0.3, -0.25) is 0 Å². The molecule has 0 bridgehead atoms. The summed E-state index contributed by atoms with van der Waals surface area (Å²) < 4.78 is 6.78. The Bertz CT molecular complexity index is 635. The van der Waals surface area contributed by atoms with Gasteiger partial charge in [-0.2, -0.15) is 0 Å². The predicted octanol–water partition coefficient (Wildman–Crippen LogP) is 4.28. The Labute approximate surface area is 127 Å². The van der Waals surface area contributed by atoms with E-state index in [-0.39, 0.29) is 0 Å². The third-order valence-corrected chi connectivity index (χ3v) is 5.67. The molecule has 3 heteroatoms. The molecule has 1 N–H and O–H groups in total. The molecule has 104 valence electrons. The van der Waals surface area contributed by atoms with Crippen molar-refractivity contribution in [2.24, 2.45) is 11.8 Å². The summed E-state index contributed by atoms with van der Waals surface area (Å²) in [6.07, 6.45) is 4.30. The summed E-state index contributed by atoms with van der Waals surface area (Å²) >= 11 is 3.60. The molecule has 0 aliphatic heterocycles. The molecule has 0 saturated heterocycles. The van der Waals surface area contributed by atoms with Crippen LogP contribution in [0.1, 0.15) is 35.3 Å². The molecule has 2 nitrogen and oxygen atoms in total. The number of hydrogen-bond donors (Lipinski definition) is 1. The molecular formula is C17H18BrNO. The van der Waals surface area contributed by atoms with Gasteiger partial charge in [-0.25, -0.2) is 0 Å². The Kier molecular flexibility index (Phi) is 3.00. The topological polar surface area (TPSA) is 25.2 Å².